The van der Waals surface area contributed by atoms with Crippen molar-refractivity contribution in [2.24, 2.45) is 5.14 Å². The largest absolute Gasteiger partial charge is 0.494 e. The summed E-state index contributed by atoms with van der Waals surface area (Å²) in [7, 11) is -0.122. The topological polar surface area (TPSA) is 222 Å². The Morgan fingerprint density at radius 3 is 2.06 bits per heavy atom. The number of anilines is 1. The van der Waals surface area contributed by atoms with Crippen LogP contribution in [0.1, 0.15) is 37.8 Å². The number of hydrogen-bond donors (Lipinski definition) is 2. The van der Waals surface area contributed by atoms with E-state index in [1.807, 2.05) is 0 Å². The van der Waals surface area contributed by atoms with Gasteiger partial charge in [0.15, 0.2) is 5.82 Å². The zero-order chi connectivity index (χ0) is 35.6. The molecule has 0 aliphatic carbocycles. The van der Waals surface area contributed by atoms with Gasteiger partial charge in [0, 0.05) is 19.4 Å². The SMILES string of the molecule is CCCS(N)(=O)=O.COc1cccc(-c2nnc(NS(=O)(=O)[C@@H](C)[C@@H](OC)c3ncc(C)nc3OC)n2-c2c(OC)cccc2OC)n1. The van der Waals surface area contributed by atoms with Crippen molar-refractivity contribution in [1.82, 2.24) is 29.7 Å². The summed E-state index contributed by atoms with van der Waals surface area (Å²) >= 11 is 0. The third-order valence-electron chi connectivity index (χ3n) is 6.69. The van der Waals surface area contributed by atoms with Gasteiger partial charge < -0.3 is 23.7 Å². The molecule has 3 N–H and O–H groups in total. The average molecular weight is 709 g/mol. The summed E-state index contributed by atoms with van der Waals surface area (Å²) in [6.07, 6.45) is 1.07. The lowest BCUT2D eigenvalue weighted by atomic mass is 10.2. The lowest BCUT2D eigenvalue weighted by Crippen LogP contribution is -2.33. The van der Waals surface area contributed by atoms with Gasteiger partial charge in [-0.3, -0.25) is 14.3 Å². The van der Waals surface area contributed by atoms with Gasteiger partial charge in [0.2, 0.25) is 37.8 Å². The number of para-hydroxylation sites is 1. The minimum atomic E-state index is -4.21. The number of benzene rings is 1. The van der Waals surface area contributed by atoms with Gasteiger partial charge in [-0.1, -0.05) is 19.1 Å². The van der Waals surface area contributed by atoms with Crippen molar-refractivity contribution in [3.05, 3.63) is 54.0 Å². The summed E-state index contributed by atoms with van der Waals surface area (Å²) in [5, 5.41) is 11.9. The molecule has 4 rings (SSSR count). The van der Waals surface area contributed by atoms with Gasteiger partial charge in [0.25, 0.3) is 0 Å². The molecule has 3 aromatic heterocycles. The number of nitrogens with two attached hydrogens (primary N) is 1. The molecule has 0 unspecified atom stereocenters. The van der Waals surface area contributed by atoms with Gasteiger partial charge in [-0.2, -0.15) is 0 Å². The molecule has 0 aliphatic heterocycles. The molecule has 0 saturated heterocycles. The minimum Gasteiger partial charge on any atom is -0.494 e. The van der Waals surface area contributed by atoms with Crippen LogP contribution in [0.3, 0.4) is 0 Å². The van der Waals surface area contributed by atoms with Crippen LogP contribution in [-0.2, 0) is 24.8 Å². The van der Waals surface area contributed by atoms with Crippen LogP contribution in [0.25, 0.3) is 17.2 Å². The Morgan fingerprint density at radius 1 is 0.896 bits per heavy atom. The fraction of sp³-hybridized carbons (Fsp3) is 0.414. The maximum absolute atomic E-state index is 13.8. The molecule has 262 valence electrons. The van der Waals surface area contributed by atoms with E-state index in [0.717, 1.165) is 0 Å². The number of rotatable bonds is 14. The highest BCUT2D eigenvalue weighted by molar-refractivity contribution is 7.93. The van der Waals surface area contributed by atoms with E-state index in [1.165, 1.54) is 53.2 Å². The highest BCUT2D eigenvalue weighted by atomic mass is 32.2. The van der Waals surface area contributed by atoms with Crippen molar-refractivity contribution < 1.29 is 40.5 Å². The first-order valence-corrected chi connectivity index (χ1v) is 17.6. The Kier molecular flexibility index (Phi) is 13.0. The molecule has 3 heterocycles. The molecular formula is C29H40N8O9S2. The summed E-state index contributed by atoms with van der Waals surface area (Å²) in [5.41, 5.74) is 1.54. The molecule has 48 heavy (non-hydrogen) atoms. The summed E-state index contributed by atoms with van der Waals surface area (Å²) < 4.78 is 79.1. The number of primary sulfonamides is 1. The Labute approximate surface area is 279 Å². The Balaban J connectivity index is 0.000000804. The summed E-state index contributed by atoms with van der Waals surface area (Å²) in [6, 6.07) is 10.2. The van der Waals surface area contributed by atoms with Crippen LogP contribution in [0.5, 0.6) is 23.3 Å². The van der Waals surface area contributed by atoms with Crippen molar-refractivity contribution in [2.45, 2.75) is 38.5 Å². The standard InChI is InChI=1S/C26H31N7O7S.C3H9NO2S/c1-15-14-27-21(25(28-15)40-7)23(39-6)16(2)41(34,35)32-26-31-30-24(17-10-8-13-20(29-17)38-5)33(26)22-18(36-3)11-9-12-19(22)37-4;1-2-3-7(4,5)6/h8-14,16,23H,1-7H3,(H,31,32);2-3H2,1H3,(H2,4,5,6)/t16-,23+;/m0./s1. The highest BCUT2D eigenvalue weighted by Gasteiger charge is 2.36. The van der Waals surface area contributed by atoms with Crippen molar-refractivity contribution in [2.75, 3.05) is 46.0 Å². The van der Waals surface area contributed by atoms with E-state index in [4.69, 9.17) is 23.7 Å². The van der Waals surface area contributed by atoms with Gasteiger partial charge in [0.1, 0.15) is 39.9 Å². The van der Waals surface area contributed by atoms with E-state index < -0.39 is 31.4 Å². The second kappa shape index (κ2) is 16.5. The van der Waals surface area contributed by atoms with Gasteiger partial charge >= 0.3 is 0 Å². The lowest BCUT2D eigenvalue weighted by molar-refractivity contribution is 0.0955. The van der Waals surface area contributed by atoms with E-state index >= 15 is 0 Å². The molecule has 2 atom stereocenters. The van der Waals surface area contributed by atoms with Crippen LogP contribution in [-0.4, -0.2) is 93.1 Å². The summed E-state index contributed by atoms with van der Waals surface area (Å²) in [6.45, 7) is 4.99. The molecule has 1 aromatic carbocycles. The quantitative estimate of drug-likeness (QED) is 0.192. The summed E-state index contributed by atoms with van der Waals surface area (Å²) in [4.78, 5) is 13.1. The fourth-order valence-electron chi connectivity index (χ4n) is 4.44. The maximum atomic E-state index is 13.8. The number of nitrogens with one attached hydrogen (secondary N) is 1. The van der Waals surface area contributed by atoms with E-state index in [1.54, 1.807) is 50.2 Å². The third-order valence-corrected chi connectivity index (χ3v) is 9.36. The summed E-state index contributed by atoms with van der Waals surface area (Å²) in [5.74, 6) is 1.38. The van der Waals surface area contributed by atoms with Crippen molar-refractivity contribution in [3.63, 3.8) is 0 Å². The van der Waals surface area contributed by atoms with Crippen molar-refractivity contribution in [1.29, 1.82) is 0 Å². The van der Waals surface area contributed by atoms with Crippen LogP contribution in [0.15, 0.2) is 42.6 Å². The van der Waals surface area contributed by atoms with Crippen LogP contribution in [0.2, 0.25) is 0 Å². The Hall–Kier alpha value is -4.59. The number of methoxy groups -OCH3 is 5. The Morgan fingerprint density at radius 2 is 1.54 bits per heavy atom. The van der Waals surface area contributed by atoms with Crippen LogP contribution >= 0.6 is 0 Å². The minimum absolute atomic E-state index is 0.0903. The first-order chi connectivity index (χ1) is 22.7. The first-order valence-electron chi connectivity index (χ1n) is 14.4. The zero-order valence-corrected chi connectivity index (χ0v) is 29.5. The smallest absolute Gasteiger partial charge is 0.243 e. The maximum Gasteiger partial charge on any atom is 0.243 e. The number of hydrogen-bond acceptors (Lipinski definition) is 14. The molecule has 0 amide bonds. The average Bonchev–Trinajstić information content (AvgIpc) is 3.46. The monoisotopic (exact) mass is 708 g/mol. The second-order valence-corrected chi connectivity index (χ2v) is 13.8. The van der Waals surface area contributed by atoms with Gasteiger partial charge in [-0.05, 0) is 38.5 Å². The Bertz CT molecular complexity index is 1880. The molecule has 0 saturated carbocycles. The van der Waals surface area contributed by atoms with Crippen molar-refractivity contribution >= 4 is 26.0 Å². The van der Waals surface area contributed by atoms with Crippen LogP contribution in [0.4, 0.5) is 5.95 Å². The van der Waals surface area contributed by atoms with Crippen LogP contribution < -0.4 is 28.8 Å². The molecule has 0 fully saturated rings. The van der Waals surface area contributed by atoms with Gasteiger partial charge in [-0.15, -0.1) is 10.2 Å². The molecule has 0 radical (unpaired) electrons. The molecule has 17 nitrogen and oxygen atoms in total. The van der Waals surface area contributed by atoms with E-state index in [-0.39, 0.29) is 29.1 Å². The second-order valence-electron chi connectivity index (χ2n) is 10.0. The number of sulfonamides is 2. The van der Waals surface area contributed by atoms with Crippen molar-refractivity contribution in [3.8, 4) is 40.5 Å². The number of nitrogens with zero attached hydrogens (tertiary/aromatic N) is 6. The number of aryl methyl sites for hydroxylation is 1. The molecule has 0 aliphatic rings. The van der Waals surface area contributed by atoms with E-state index in [9.17, 15) is 16.8 Å². The van der Waals surface area contributed by atoms with Gasteiger partial charge in [0.05, 0.1) is 39.9 Å². The van der Waals surface area contributed by atoms with Crippen LogP contribution in [0, 0.1) is 6.92 Å². The predicted molar refractivity (Wildman–Crippen MR) is 178 cm³/mol. The fourth-order valence-corrected chi connectivity index (χ4v) is 6.14. The van der Waals surface area contributed by atoms with E-state index in [0.29, 0.717) is 40.9 Å². The predicted octanol–water partition coefficient (Wildman–Crippen LogP) is 2.66. The molecule has 0 bridgehead atoms. The normalized spacial score (nSPS) is 12.7. The first kappa shape index (κ1) is 37.9. The lowest BCUT2D eigenvalue weighted by Gasteiger charge is -2.24. The van der Waals surface area contributed by atoms with E-state index in [2.05, 4.69) is 35.0 Å². The molecule has 4 aromatic rings. The molecule has 0 spiro atoms. The molecule has 19 heteroatoms. The number of pyridine rings is 1. The number of aromatic nitrogens is 6. The highest BCUT2D eigenvalue weighted by Crippen LogP contribution is 2.38. The molecular weight excluding hydrogens is 668 g/mol. The third kappa shape index (κ3) is 9.06. The van der Waals surface area contributed by atoms with Gasteiger partial charge in [-0.25, -0.2) is 31.9 Å². The zero-order valence-electron chi connectivity index (χ0n) is 27.9. The number of ether oxygens (including phenoxy) is 5.